The van der Waals surface area contributed by atoms with Crippen LogP contribution in [0.25, 0.3) is 0 Å². The Morgan fingerprint density at radius 2 is 1.94 bits per heavy atom. The number of rotatable bonds is 8. The predicted octanol–water partition coefficient (Wildman–Crippen LogP) is -0.0422. The van der Waals surface area contributed by atoms with Gasteiger partial charge in [0.05, 0.1) is 13.2 Å². The molecule has 0 aliphatic rings. The zero-order valence-corrected chi connectivity index (χ0v) is 10.9. The molecule has 18 heavy (non-hydrogen) atoms. The highest BCUT2D eigenvalue weighted by Crippen LogP contribution is 2.20. The number of nitrogens with two attached hydrogens (primary N) is 1. The lowest BCUT2D eigenvalue weighted by molar-refractivity contribution is 0.290. The maximum atomic E-state index is 9.10. The number of nitrogens with zero attached hydrogens (tertiary/aromatic N) is 1. The first-order chi connectivity index (χ1) is 8.69. The number of aliphatic hydroxyl groups is 2. The first kappa shape index (κ1) is 14.8. The minimum Gasteiger partial charge on any atom is -0.399 e. The molecular formula is C13H23N3O2. The molecule has 5 nitrogen and oxygen atoms in total. The SMILES string of the molecule is Cc1cc(N(CCO)CCNCCO)ccc1N. The van der Waals surface area contributed by atoms with Gasteiger partial charge in [0.2, 0.25) is 0 Å². The number of nitrogens with one attached hydrogen (secondary N) is 1. The third-order valence-electron chi connectivity index (χ3n) is 2.84. The molecule has 102 valence electrons. The van der Waals surface area contributed by atoms with E-state index in [1.54, 1.807) is 0 Å². The normalized spacial score (nSPS) is 10.6. The van der Waals surface area contributed by atoms with Crippen LogP contribution in [0.3, 0.4) is 0 Å². The highest BCUT2D eigenvalue weighted by molar-refractivity contribution is 5.58. The fourth-order valence-corrected chi connectivity index (χ4v) is 1.77. The second-order valence-electron chi connectivity index (χ2n) is 4.23. The van der Waals surface area contributed by atoms with Gasteiger partial charge in [-0.1, -0.05) is 0 Å². The second-order valence-corrected chi connectivity index (χ2v) is 4.23. The van der Waals surface area contributed by atoms with Crippen molar-refractivity contribution in [2.75, 3.05) is 50.0 Å². The summed E-state index contributed by atoms with van der Waals surface area (Å²) in [5, 5.41) is 20.9. The van der Waals surface area contributed by atoms with Crippen LogP contribution in [0.1, 0.15) is 5.56 Å². The Kier molecular flexibility index (Phi) is 6.49. The van der Waals surface area contributed by atoms with Crippen molar-refractivity contribution in [3.8, 4) is 0 Å². The van der Waals surface area contributed by atoms with Crippen molar-refractivity contribution in [3.63, 3.8) is 0 Å². The molecule has 0 aromatic heterocycles. The Balaban J connectivity index is 2.61. The third kappa shape index (κ3) is 4.52. The van der Waals surface area contributed by atoms with E-state index in [1.807, 2.05) is 25.1 Å². The van der Waals surface area contributed by atoms with Gasteiger partial charge in [-0.15, -0.1) is 0 Å². The van der Waals surface area contributed by atoms with Crippen molar-refractivity contribution >= 4 is 11.4 Å². The van der Waals surface area contributed by atoms with Gasteiger partial charge in [-0.3, -0.25) is 0 Å². The van der Waals surface area contributed by atoms with E-state index in [1.165, 1.54) is 0 Å². The van der Waals surface area contributed by atoms with Gasteiger partial charge >= 0.3 is 0 Å². The number of hydrogen-bond acceptors (Lipinski definition) is 5. The summed E-state index contributed by atoms with van der Waals surface area (Å²) in [6.07, 6.45) is 0. The van der Waals surface area contributed by atoms with Crippen LogP contribution >= 0.6 is 0 Å². The molecule has 5 heteroatoms. The molecule has 0 atom stereocenters. The molecular weight excluding hydrogens is 230 g/mol. The Morgan fingerprint density at radius 1 is 1.17 bits per heavy atom. The van der Waals surface area contributed by atoms with Gasteiger partial charge in [-0.05, 0) is 30.7 Å². The van der Waals surface area contributed by atoms with Crippen LogP contribution in [0, 0.1) is 6.92 Å². The molecule has 0 aliphatic carbocycles. The zero-order chi connectivity index (χ0) is 13.4. The zero-order valence-electron chi connectivity index (χ0n) is 10.9. The molecule has 0 aliphatic heterocycles. The molecule has 0 radical (unpaired) electrons. The number of anilines is 2. The molecule has 0 unspecified atom stereocenters. The molecule has 0 heterocycles. The molecule has 0 spiro atoms. The highest BCUT2D eigenvalue weighted by Gasteiger charge is 2.06. The summed E-state index contributed by atoms with van der Waals surface area (Å²) in [6, 6.07) is 5.87. The van der Waals surface area contributed by atoms with Crippen molar-refractivity contribution in [3.05, 3.63) is 23.8 Å². The summed E-state index contributed by atoms with van der Waals surface area (Å²) in [5.41, 5.74) is 8.67. The number of benzene rings is 1. The van der Waals surface area contributed by atoms with Crippen molar-refractivity contribution in [2.45, 2.75) is 6.92 Å². The molecule has 0 amide bonds. The molecule has 5 N–H and O–H groups in total. The van der Waals surface area contributed by atoms with E-state index >= 15 is 0 Å². The van der Waals surface area contributed by atoms with E-state index in [-0.39, 0.29) is 13.2 Å². The topological polar surface area (TPSA) is 81.8 Å². The molecule has 1 aromatic rings. The molecule has 0 fully saturated rings. The number of aliphatic hydroxyl groups excluding tert-OH is 2. The average molecular weight is 253 g/mol. The summed E-state index contributed by atoms with van der Waals surface area (Å²) in [4.78, 5) is 2.09. The lowest BCUT2D eigenvalue weighted by Gasteiger charge is -2.24. The van der Waals surface area contributed by atoms with Crippen molar-refractivity contribution < 1.29 is 10.2 Å². The monoisotopic (exact) mass is 253 g/mol. The van der Waals surface area contributed by atoms with E-state index in [0.29, 0.717) is 13.1 Å². The first-order valence-corrected chi connectivity index (χ1v) is 6.22. The Hall–Kier alpha value is -1.30. The minimum absolute atomic E-state index is 0.115. The van der Waals surface area contributed by atoms with Crippen LogP contribution in [-0.2, 0) is 0 Å². The fraction of sp³-hybridized carbons (Fsp3) is 0.538. The average Bonchev–Trinajstić information content (AvgIpc) is 2.37. The molecule has 0 saturated carbocycles. The van der Waals surface area contributed by atoms with Crippen molar-refractivity contribution in [2.24, 2.45) is 0 Å². The molecule has 0 saturated heterocycles. The molecule has 0 bridgehead atoms. The van der Waals surface area contributed by atoms with Crippen molar-refractivity contribution in [1.82, 2.24) is 5.32 Å². The highest BCUT2D eigenvalue weighted by atomic mass is 16.3. The summed E-state index contributed by atoms with van der Waals surface area (Å²) < 4.78 is 0. The van der Waals surface area contributed by atoms with E-state index in [9.17, 15) is 0 Å². The van der Waals surface area contributed by atoms with Gasteiger partial charge in [0.15, 0.2) is 0 Å². The number of aryl methyl sites for hydroxylation is 1. The van der Waals surface area contributed by atoms with Gasteiger partial charge in [-0.2, -0.15) is 0 Å². The Bertz CT molecular complexity index is 358. The van der Waals surface area contributed by atoms with E-state index in [0.717, 1.165) is 30.0 Å². The molecule has 1 aromatic carbocycles. The largest absolute Gasteiger partial charge is 0.399 e. The predicted molar refractivity (Wildman–Crippen MR) is 74.8 cm³/mol. The Morgan fingerprint density at radius 3 is 2.56 bits per heavy atom. The number of hydrogen-bond donors (Lipinski definition) is 4. The van der Waals surface area contributed by atoms with Crippen LogP contribution in [0.4, 0.5) is 11.4 Å². The Labute approximate surface area is 108 Å². The number of nitrogen functional groups attached to an aromatic ring is 1. The minimum atomic E-state index is 0.115. The lowest BCUT2D eigenvalue weighted by atomic mass is 10.1. The summed E-state index contributed by atoms with van der Waals surface area (Å²) in [7, 11) is 0. The lowest BCUT2D eigenvalue weighted by Crippen LogP contribution is -2.35. The van der Waals surface area contributed by atoms with Crippen molar-refractivity contribution in [1.29, 1.82) is 0 Å². The summed E-state index contributed by atoms with van der Waals surface area (Å²) in [6.45, 7) is 4.95. The molecule has 1 rings (SSSR count). The van der Waals surface area contributed by atoms with Crippen LogP contribution < -0.4 is 16.0 Å². The third-order valence-corrected chi connectivity index (χ3v) is 2.84. The summed E-state index contributed by atoms with van der Waals surface area (Å²) in [5.74, 6) is 0. The fourth-order valence-electron chi connectivity index (χ4n) is 1.77. The van der Waals surface area contributed by atoms with Gasteiger partial charge in [-0.25, -0.2) is 0 Å². The second kappa shape index (κ2) is 7.92. The first-order valence-electron chi connectivity index (χ1n) is 6.22. The van der Waals surface area contributed by atoms with Crippen LogP contribution in [0.2, 0.25) is 0 Å². The van der Waals surface area contributed by atoms with Gasteiger partial charge in [0, 0.05) is 37.6 Å². The maximum Gasteiger partial charge on any atom is 0.0606 e. The van der Waals surface area contributed by atoms with Gasteiger partial charge in [0.25, 0.3) is 0 Å². The smallest absolute Gasteiger partial charge is 0.0606 e. The van der Waals surface area contributed by atoms with E-state index in [2.05, 4.69) is 10.2 Å². The maximum absolute atomic E-state index is 9.10. The van der Waals surface area contributed by atoms with E-state index < -0.39 is 0 Å². The van der Waals surface area contributed by atoms with Gasteiger partial charge in [0.1, 0.15) is 0 Å². The standard InChI is InChI=1S/C13H23N3O2/c1-11-10-12(2-3-13(11)14)16(7-9-18)6-4-15-5-8-17/h2-3,10,15,17-18H,4-9,14H2,1H3. The van der Waals surface area contributed by atoms with Crippen LogP contribution in [-0.4, -0.2) is 49.6 Å². The van der Waals surface area contributed by atoms with Crippen LogP contribution in [0.15, 0.2) is 18.2 Å². The van der Waals surface area contributed by atoms with Crippen LogP contribution in [0.5, 0.6) is 0 Å². The van der Waals surface area contributed by atoms with E-state index in [4.69, 9.17) is 15.9 Å². The summed E-state index contributed by atoms with van der Waals surface area (Å²) >= 11 is 0. The van der Waals surface area contributed by atoms with Gasteiger partial charge < -0.3 is 26.2 Å². The quantitative estimate of drug-likeness (QED) is 0.386.